The van der Waals surface area contributed by atoms with Gasteiger partial charge in [-0.15, -0.1) is 0 Å². The molecule has 0 saturated carbocycles. The fourth-order valence-corrected chi connectivity index (χ4v) is 3.56. The third kappa shape index (κ3) is 5.91. The van der Waals surface area contributed by atoms with E-state index in [1.807, 2.05) is 36.9 Å². The van der Waals surface area contributed by atoms with Gasteiger partial charge in [-0.2, -0.15) is 5.10 Å². The van der Waals surface area contributed by atoms with E-state index in [9.17, 15) is 14.4 Å². The van der Waals surface area contributed by atoms with E-state index >= 15 is 0 Å². The Kier molecular flexibility index (Phi) is 7.06. The highest BCUT2D eigenvalue weighted by Gasteiger charge is 2.21. The Balaban J connectivity index is 1.66. The third-order valence-corrected chi connectivity index (χ3v) is 5.12. The molecule has 166 valence electrons. The Morgan fingerprint density at radius 1 is 1.10 bits per heavy atom. The maximum absolute atomic E-state index is 12.8. The van der Waals surface area contributed by atoms with Gasteiger partial charge < -0.3 is 15.5 Å². The molecule has 0 atom stereocenters. The van der Waals surface area contributed by atoms with Crippen LogP contribution in [0.25, 0.3) is 0 Å². The van der Waals surface area contributed by atoms with Crippen LogP contribution >= 0.6 is 0 Å². The Labute approximate surface area is 182 Å². The monoisotopic (exact) mass is 426 g/mol. The number of nitrogens with one attached hydrogen (secondary N) is 2. The maximum atomic E-state index is 12.8. The highest BCUT2D eigenvalue weighted by atomic mass is 16.2. The van der Waals surface area contributed by atoms with Gasteiger partial charge in [0.15, 0.2) is 5.69 Å². The van der Waals surface area contributed by atoms with E-state index in [0.29, 0.717) is 17.8 Å². The second-order valence-electron chi connectivity index (χ2n) is 8.13. The van der Waals surface area contributed by atoms with Crippen LogP contribution in [-0.2, 0) is 18.4 Å². The second kappa shape index (κ2) is 9.74. The van der Waals surface area contributed by atoms with Gasteiger partial charge in [0.25, 0.3) is 11.8 Å². The second-order valence-corrected chi connectivity index (χ2v) is 8.13. The number of amides is 3. The number of benzene rings is 1. The summed E-state index contributed by atoms with van der Waals surface area (Å²) in [5.74, 6) is -0.519. The minimum atomic E-state index is -0.329. The van der Waals surface area contributed by atoms with Crippen molar-refractivity contribution < 1.29 is 14.4 Å². The van der Waals surface area contributed by atoms with Crippen LogP contribution in [0.2, 0.25) is 0 Å². The van der Waals surface area contributed by atoms with Gasteiger partial charge in [-0.25, -0.2) is 0 Å². The molecular formula is C22H30N6O3. The van der Waals surface area contributed by atoms with Crippen molar-refractivity contribution in [3.05, 3.63) is 47.3 Å². The molecule has 1 aliphatic rings. The van der Waals surface area contributed by atoms with Gasteiger partial charge in [0.05, 0.1) is 5.69 Å². The Hall–Kier alpha value is -3.20. The van der Waals surface area contributed by atoms with Crippen LogP contribution < -0.4 is 10.6 Å². The first-order valence-electron chi connectivity index (χ1n) is 10.5. The first-order chi connectivity index (χ1) is 14.7. The minimum absolute atomic E-state index is 0.0351. The smallest absolute Gasteiger partial charge is 0.274 e. The van der Waals surface area contributed by atoms with Crippen LogP contribution in [0.1, 0.15) is 47.2 Å². The first-order valence-corrected chi connectivity index (χ1v) is 10.5. The summed E-state index contributed by atoms with van der Waals surface area (Å²) in [5.41, 5.74) is 2.09. The zero-order chi connectivity index (χ0) is 22.5. The van der Waals surface area contributed by atoms with Crippen LogP contribution in [0.5, 0.6) is 0 Å². The largest absolute Gasteiger partial charge is 0.348 e. The van der Waals surface area contributed by atoms with E-state index in [1.165, 1.54) is 4.68 Å². The lowest BCUT2D eigenvalue weighted by molar-refractivity contribution is -0.130. The fourth-order valence-electron chi connectivity index (χ4n) is 3.56. The number of hydrogen-bond donors (Lipinski definition) is 2. The van der Waals surface area contributed by atoms with Gasteiger partial charge in [-0.1, -0.05) is 12.1 Å². The number of nitrogens with zero attached hydrogens (tertiary/aromatic N) is 4. The van der Waals surface area contributed by atoms with E-state index in [1.54, 1.807) is 26.2 Å². The zero-order valence-electron chi connectivity index (χ0n) is 18.5. The lowest BCUT2D eigenvalue weighted by Crippen LogP contribution is -2.47. The van der Waals surface area contributed by atoms with Gasteiger partial charge in [0.2, 0.25) is 5.91 Å². The van der Waals surface area contributed by atoms with Crippen molar-refractivity contribution in [3.8, 4) is 0 Å². The van der Waals surface area contributed by atoms with Crippen molar-refractivity contribution in [2.45, 2.75) is 33.4 Å². The van der Waals surface area contributed by atoms with Crippen molar-refractivity contribution >= 4 is 23.4 Å². The summed E-state index contributed by atoms with van der Waals surface area (Å²) in [6.07, 6.45) is 1.62. The highest BCUT2D eigenvalue weighted by Crippen LogP contribution is 2.17. The molecule has 1 aromatic carbocycles. The van der Waals surface area contributed by atoms with Crippen LogP contribution in [0.15, 0.2) is 30.5 Å². The average molecular weight is 427 g/mol. The Morgan fingerprint density at radius 2 is 1.81 bits per heavy atom. The molecule has 1 aliphatic heterocycles. The molecule has 1 aromatic heterocycles. The molecule has 3 amide bonds. The predicted molar refractivity (Wildman–Crippen MR) is 118 cm³/mol. The summed E-state index contributed by atoms with van der Waals surface area (Å²) in [4.78, 5) is 40.8. The summed E-state index contributed by atoms with van der Waals surface area (Å²) in [5, 5.41) is 9.78. The molecule has 2 heterocycles. The molecular weight excluding hydrogens is 396 g/mol. The first kappa shape index (κ1) is 22.5. The topological polar surface area (TPSA) is 99.6 Å². The summed E-state index contributed by atoms with van der Waals surface area (Å²) in [6.45, 7) is 9.09. The molecule has 0 unspecified atom stereocenters. The van der Waals surface area contributed by atoms with Crippen molar-refractivity contribution in [2.24, 2.45) is 7.05 Å². The standard InChI is InChI=1S/C22H30N6O3/c1-15(2)23-22(31)20-19(14-26(4)25-20)24-21(30)18-7-5-6-17(12-18)13-27-8-10-28(11-9-27)16(3)29/h5-7,12,14-15H,8-11,13H2,1-4H3,(H,23,31)(H,24,30). The third-order valence-electron chi connectivity index (χ3n) is 5.12. The van der Waals surface area contributed by atoms with Gasteiger partial charge in [-0.05, 0) is 31.5 Å². The summed E-state index contributed by atoms with van der Waals surface area (Å²) < 4.78 is 1.50. The Morgan fingerprint density at radius 3 is 2.45 bits per heavy atom. The molecule has 0 radical (unpaired) electrons. The number of aromatic nitrogens is 2. The number of rotatable bonds is 6. The van der Waals surface area contributed by atoms with Crippen molar-refractivity contribution in [1.82, 2.24) is 24.9 Å². The highest BCUT2D eigenvalue weighted by molar-refractivity contribution is 6.08. The molecule has 0 spiro atoms. The number of hydrogen-bond acceptors (Lipinski definition) is 5. The zero-order valence-corrected chi connectivity index (χ0v) is 18.5. The molecule has 2 aromatic rings. The van der Waals surface area contributed by atoms with Crippen LogP contribution in [-0.4, -0.2) is 69.5 Å². The Bertz CT molecular complexity index is 960. The number of aryl methyl sites for hydroxylation is 1. The number of carbonyl (C=O) groups is 3. The minimum Gasteiger partial charge on any atom is -0.348 e. The van der Waals surface area contributed by atoms with Gasteiger partial charge >= 0.3 is 0 Å². The van der Waals surface area contributed by atoms with Gasteiger partial charge in [0.1, 0.15) is 0 Å². The maximum Gasteiger partial charge on any atom is 0.274 e. The normalized spacial score (nSPS) is 14.5. The molecule has 1 fully saturated rings. The van der Waals surface area contributed by atoms with Crippen LogP contribution in [0, 0.1) is 0 Å². The number of anilines is 1. The van der Waals surface area contributed by atoms with E-state index in [2.05, 4.69) is 20.6 Å². The van der Waals surface area contributed by atoms with Crippen LogP contribution in [0.4, 0.5) is 5.69 Å². The number of piperazine rings is 1. The molecule has 2 N–H and O–H groups in total. The van der Waals surface area contributed by atoms with Crippen LogP contribution in [0.3, 0.4) is 0 Å². The fraction of sp³-hybridized carbons (Fsp3) is 0.455. The van der Waals surface area contributed by atoms with Crippen molar-refractivity contribution in [1.29, 1.82) is 0 Å². The molecule has 0 bridgehead atoms. The predicted octanol–water partition coefficient (Wildman–Crippen LogP) is 1.47. The summed E-state index contributed by atoms with van der Waals surface area (Å²) in [7, 11) is 1.70. The molecule has 1 saturated heterocycles. The molecule has 31 heavy (non-hydrogen) atoms. The number of carbonyl (C=O) groups excluding carboxylic acids is 3. The summed E-state index contributed by atoms with van der Waals surface area (Å²) in [6, 6.07) is 7.41. The van der Waals surface area contributed by atoms with E-state index < -0.39 is 0 Å². The van der Waals surface area contributed by atoms with Gasteiger partial charge in [-0.3, -0.25) is 24.0 Å². The van der Waals surface area contributed by atoms with Crippen molar-refractivity contribution in [2.75, 3.05) is 31.5 Å². The SMILES string of the molecule is CC(=O)N1CCN(Cc2cccc(C(=O)Nc3cn(C)nc3C(=O)NC(C)C)c2)CC1. The molecule has 3 rings (SSSR count). The summed E-state index contributed by atoms with van der Waals surface area (Å²) >= 11 is 0. The van der Waals surface area contributed by atoms with E-state index in [4.69, 9.17) is 0 Å². The van der Waals surface area contributed by atoms with E-state index in [0.717, 1.165) is 31.7 Å². The molecule has 0 aliphatic carbocycles. The average Bonchev–Trinajstić information content (AvgIpc) is 3.08. The lowest BCUT2D eigenvalue weighted by Gasteiger charge is -2.34. The van der Waals surface area contributed by atoms with E-state index in [-0.39, 0.29) is 29.5 Å². The van der Waals surface area contributed by atoms with Crippen molar-refractivity contribution in [3.63, 3.8) is 0 Å². The lowest BCUT2D eigenvalue weighted by atomic mass is 10.1. The van der Waals surface area contributed by atoms with Gasteiger partial charge in [0, 0.05) is 64.5 Å². The molecule has 9 heteroatoms. The quantitative estimate of drug-likeness (QED) is 0.729. The molecule has 9 nitrogen and oxygen atoms in total.